The molecule has 8 heteroatoms. The summed E-state index contributed by atoms with van der Waals surface area (Å²) in [7, 11) is 0. The van der Waals surface area contributed by atoms with E-state index in [0.29, 0.717) is 25.6 Å². The maximum absolute atomic E-state index is 10.9. The number of pyridine rings is 1. The van der Waals surface area contributed by atoms with Crippen LogP contribution in [0.4, 0.5) is 17.5 Å². The lowest BCUT2D eigenvalue weighted by Gasteiger charge is -2.12. The van der Waals surface area contributed by atoms with Crippen LogP contribution in [0.15, 0.2) is 54.9 Å². The summed E-state index contributed by atoms with van der Waals surface area (Å²) in [5.74, 6) is 1.21. The van der Waals surface area contributed by atoms with Crippen LogP contribution in [-0.4, -0.2) is 33.9 Å². The lowest BCUT2D eigenvalue weighted by molar-refractivity contribution is -0.118. The number of anilines is 3. The van der Waals surface area contributed by atoms with Crippen molar-refractivity contribution in [1.29, 1.82) is 0 Å². The zero-order valence-electron chi connectivity index (χ0n) is 16.4. The molecule has 0 unspecified atom stereocenters. The zero-order chi connectivity index (χ0) is 20.5. The summed E-state index contributed by atoms with van der Waals surface area (Å²) >= 11 is 0. The lowest BCUT2D eigenvalue weighted by atomic mass is 10.2. The number of hydrogen-bond donors (Lipinski definition) is 4. The third-order valence-electron chi connectivity index (χ3n) is 4.18. The number of aromatic nitrogens is 3. The highest BCUT2D eigenvalue weighted by Crippen LogP contribution is 2.25. The summed E-state index contributed by atoms with van der Waals surface area (Å²) in [6.45, 7) is 3.29. The largest absolute Gasteiger partial charge is 0.369 e. The SMILES string of the molecule is CC(=O)NCCCNc1ncccc1-c1ccnc(Nc2cccc(CN)c2)n1. The quantitative estimate of drug-likeness (QED) is 0.414. The number of amides is 1. The van der Waals surface area contributed by atoms with Crippen LogP contribution in [0.25, 0.3) is 11.3 Å². The van der Waals surface area contributed by atoms with Gasteiger partial charge in [0, 0.05) is 50.2 Å². The zero-order valence-corrected chi connectivity index (χ0v) is 16.4. The second-order valence-electron chi connectivity index (χ2n) is 6.46. The highest BCUT2D eigenvalue weighted by molar-refractivity contribution is 5.73. The van der Waals surface area contributed by atoms with Crippen molar-refractivity contribution in [1.82, 2.24) is 20.3 Å². The number of nitrogens with zero attached hydrogens (tertiary/aromatic N) is 3. The van der Waals surface area contributed by atoms with Gasteiger partial charge in [-0.2, -0.15) is 0 Å². The Labute approximate surface area is 170 Å². The molecular formula is C21H25N7O. The van der Waals surface area contributed by atoms with Gasteiger partial charge >= 0.3 is 0 Å². The molecule has 0 spiro atoms. The minimum absolute atomic E-state index is 0.0264. The van der Waals surface area contributed by atoms with E-state index in [1.54, 1.807) is 12.4 Å². The lowest BCUT2D eigenvalue weighted by Crippen LogP contribution is -2.22. The van der Waals surface area contributed by atoms with Crippen LogP contribution in [-0.2, 0) is 11.3 Å². The van der Waals surface area contributed by atoms with Crippen LogP contribution < -0.4 is 21.7 Å². The summed E-state index contributed by atoms with van der Waals surface area (Å²) < 4.78 is 0. The Hall–Kier alpha value is -3.52. The molecule has 150 valence electrons. The van der Waals surface area contributed by atoms with Crippen molar-refractivity contribution in [3.8, 4) is 11.3 Å². The number of carbonyl (C=O) groups is 1. The topological polar surface area (TPSA) is 118 Å². The Morgan fingerprint density at radius 1 is 1.07 bits per heavy atom. The first kappa shape index (κ1) is 20.2. The van der Waals surface area contributed by atoms with Gasteiger partial charge in [-0.15, -0.1) is 0 Å². The Balaban J connectivity index is 1.72. The maximum Gasteiger partial charge on any atom is 0.227 e. The molecule has 0 saturated heterocycles. The molecule has 5 N–H and O–H groups in total. The summed E-state index contributed by atoms with van der Waals surface area (Å²) in [5.41, 5.74) is 9.26. The maximum atomic E-state index is 10.9. The summed E-state index contributed by atoms with van der Waals surface area (Å²) in [6.07, 6.45) is 4.24. The van der Waals surface area contributed by atoms with E-state index in [4.69, 9.17) is 5.73 Å². The van der Waals surface area contributed by atoms with Crippen LogP contribution in [0.1, 0.15) is 18.9 Å². The van der Waals surface area contributed by atoms with E-state index >= 15 is 0 Å². The molecule has 0 atom stereocenters. The van der Waals surface area contributed by atoms with Crippen LogP contribution in [0, 0.1) is 0 Å². The second-order valence-corrected chi connectivity index (χ2v) is 6.46. The fourth-order valence-electron chi connectivity index (χ4n) is 2.79. The average molecular weight is 391 g/mol. The standard InChI is InChI=1S/C21H25N7O/c1-15(29)23-10-4-11-25-20-18(7-3-9-24-20)19-8-12-26-21(28-19)27-17-6-2-5-16(13-17)14-22/h2-3,5-9,12-13H,4,10-11,14,22H2,1H3,(H,23,29)(H,24,25)(H,26,27,28). The van der Waals surface area contributed by atoms with Gasteiger partial charge in [-0.1, -0.05) is 12.1 Å². The van der Waals surface area contributed by atoms with E-state index < -0.39 is 0 Å². The first-order valence-corrected chi connectivity index (χ1v) is 9.48. The minimum atomic E-state index is -0.0264. The molecule has 0 saturated carbocycles. The summed E-state index contributed by atoms with van der Waals surface area (Å²) in [4.78, 5) is 24.3. The van der Waals surface area contributed by atoms with Crippen molar-refractivity contribution >= 4 is 23.4 Å². The fraction of sp³-hybridized carbons (Fsp3) is 0.238. The monoisotopic (exact) mass is 391 g/mol. The van der Waals surface area contributed by atoms with Crippen LogP contribution in [0.3, 0.4) is 0 Å². The van der Waals surface area contributed by atoms with Crippen molar-refractivity contribution in [2.24, 2.45) is 5.73 Å². The van der Waals surface area contributed by atoms with E-state index in [2.05, 4.69) is 30.9 Å². The molecule has 2 aromatic heterocycles. The number of carbonyl (C=O) groups excluding carboxylic acids is 1. The molecule has 3 rings (SSSR count). The van der Waals surface area contributed by atoms with Gasteiger partial charge in [0.1, 0.15) is 5.82 Å². The Bertz CT molecular complexity index is 961. The van der Waals surface area contributed by atoms with Crippen molar-refractivity contribution < 1.29 is 4.79 Å². The van der Waals surface area contributed by atoms with Crippen molar-refractivity contribution in [2.75, 3.05) is 23.7 Å². The smallest absolute Gasteiger partial charge is 0.227 e. The molecule has 1 amide bonds. The second kappa shape index (κ2) is 10.1. The van der Waals surface area contributed by atoms with E-state index in [0.717, 1.165) is 34.7 Å². The molecular weight excluding hydrogens is 366 g/mol. The van der Waals surface area contributed by atoms with Crippen molar-refractivity contribution in [2.45, 2.75) is 19.9 Å². The molecule has 0 aliphatic carbocycles. The van der Waals surface area contributed by atoms with Crippen LogP contribution >= 0.6 is 0 Å². The number of rotatable bonds is 9. The minimum Gasteiger partial charge on any atom is -0.369 e. The van der Waals surface area contributed by atoms with Crippen molar-refractivity contribution in [3.63, 3.8) is 0 Å². The van der Waals surface area contributed by atoms with Crippen LogP contribution in [0.5, 0.6) is 0 Å². The van der Waals surface area contributed by atoms with Gasteiger partial charge < -0.3 is 21.7 Å². The van der Waals surface area contributed by atoms with E-state index in [1.165, 1.54) is 6.92 Å². The average Bonchev–Trinajstić information content (AvgIpc) is 2.74. The molecule has 29 heavy (non-hydrogen) atoms. The van der Waals surface area contributed by atoms with Gasteiger partial charge in [0.05, 0.1) is 5.69 Å². The van der Waals surface area contributed by atoms with Gasteiger partial charge in [-0.25, -0.2) is 15.0 Å². The summed E-state index contributed by atoms with van der Waals surface area (Å²) in [5, 5.41) is 9.31. The first-order chi connectivity index (χ1) is 14.2. The molecule has 3 aromatic rings. The van der Waals surface area contributed by atoms with Gasteiger partial charge in [0.25, 0.3) is 0 Å². The van der Waals surface area contributed by atoms with Crippen molar-refractivity contribution in [3.05, 3.63) is 60.4 Å². The third-order valence-corrected chi connectivity index (χ3v) is 4.18. The first-order valence-electron chi connectivity index (χ1n) is 9.48. The van der Waals surface area contributed by atoms with Gasteiger partial charge in [-0.05, 0) is 42.3 Å². The molecule has 0 aliphatic rings. The van der Waals surface area contributed by atoms with E-state index in [-0.39, 0.29) is 5.91 Å². The highest BCUT2D eigenvalue weighted by atomic mass is 16.1. The van der Waals surface area contributed by atoms with Crippen LogP contribution in [0.2, 0.25) is 0 Å². The van der Waals surface area contributed by atoms with Gasteiger partial charge in [-0.3, -0.25) is 4.79 Å². The number of nitrogens with two attached hydrogens (primary N) is 1. The molecule has 0 aliphatic heterocycles. The number of nitrogens with one attached hydrogen (secondary N) is 3. The molecule has 0 bridgehead atoms. The van der Waals surface area contributed by atoms with Gasteiger partial charge in [0.15, 0.2) is 0 Å². The molecule has 0 fully saturated rings. The predicted molar refractivity (Wildman–Crippen MR) is 115 cm³/mol. The predicted octanol–water partition coefficient (Wildman–Crippen LogP) is 2.68. The number of benzene rings is 1. The third kappa shape index (κ3) is 5.98. The Kier molecular flexibility index (Phi) is 7.07. The van der Waals surface area contributed by atoms with E-state index in [1.807, 2.05) is 42.5 Å². The molecule has 1 aromatic carbocycles. The highest BCUT2D eigenvalue weighted by Gasteiger charge is 2.09. The van der Waals surface area contributed by atoms with E-state index in [9.17, 15) is 4.79 Å². The fourth-order valence-corrected chi connectivity index (χ4v) is 2.79. The Morgan fingerprint density at radius 3 is 2.79 bits per heavy atom. The molecule has 8 nitrogen and oxygen atoms in total. The van der Waals surface area contributed by atoms with Gasteiger partial charge in [0.2, 0.25) is 11.9 Å². The molecule has 2 heterocycles. The molecule has 0 radical (unpaired) electrons. The normalized spacial score (nSPS) is 10.4. The summed E-state index contributed by atoms with van der Waals surface area (Å²) in [6, 6.07) is 13.5. The number of hydrogen-bond acceptors (Lipinski definition) is 7. The Morgan fingerprint density at radius 2 is 1.97 bits per heavy atom.